The highest BCUT2D eigenvalue weighted by Gasteiger charge is 2.11. The predicted octanol–water partition coefficient (Wildman–Crippen LogP) is 2.49. The van der Waals surface area contributed by atoms with Crippen molar-refractivity contribution < 1.29 is 4.92 Å². The minimum Gasteiger partial charge on any atom is -0.372 e. The molecule has 0 unspecified atom stereocenters. The fourth-order valence-electron chi connectivity index (χ4n) is 1.64. The zero-order valence-electron chi connectivity index (χ0n) is 10.0. The summed E-state index contributed by atoms with van der Waals surface area (Å²) >= 11 is 0. The van der Waals surface area contributed by atoms with Crippen molar-refractivity contribution in [3.8, 4) is 0 Å². The van der Waals surface area contributed by atoms with Crippen LogP contribution in [0.15, 0.2) is 30.5 Å². The molecule has 1 heterocycles. The Morgan fingerprint density at radius 3 is 2.89 bits per heavy atom. The average Bonchev–Trinajstić information content (AvgIpc) is 2.84. The van der Waals surface area contributed by atoms with Crippen LogP contribution in [-0.4, -0.2) is 14.9 Å². The summed E-state index contributed by atoms with van der Waals surface area (Å²) in [4.78, 5) is 17.8. The predicted molar refractivity (Wildman–Crippen MR) is 68.4 cm³/mol. The lowest BCUT2D eigenvalue weighted by Gasteiger charge is -2.04. The number of H-pyrrole nitrogens is 1. The van der Waals surface area contributed by atoms with E-state index < -0.39 is 4.92 Å². The first-order valence-electron chi connectivity index (χ1n) is 5.70. The second kappa shape index (κ2) is 5.31. The Balaban J connectivity index is 2.08. The van der Waals surface area contributed by atoms with E-state index in [1.165, 1.54) is 6.07 Å². The fraction of sp³-hybridized carbons (Fsp3) is 0.250. The number of nitro benzene ring substituents is 1. The second-order valence-electron chi connectivity index (χ2n) is 3.84. The number of nitrogens with zero attached hydrogens (tertiary/aromatic N) is 2. The molecule has 0 radical (unpaired) electrons. The van der Waals surface area contributed by atoms with Gasteiger partial charge in [-0.3, -0.25) is 10.1 Å². The number of para-hydroxylation sites is 2. The Kier molecular flexibility index (Phi) is 3.57. The van der Waals surface area contributed by atoms with Gasteiger partial charge in [-0.1, -0.05) is 19.1 Å². The van der Waals surface area contributed by atoms with Gasteiger partial charge in [-0.05, 0) is 12.5 Å². The van der Waals surface area contributed by atoms with E-state index in [1.54, 1.807) is 24.4 Å². The van der Waals surface area contributed by atoms with Crippen molar-refractivity contribution in [2.75, 3.05) is 5.32 Å². The van der Waals surface area contributed by atoms with Crippen LogP contribution in [0.1, 0.15) is 18.4 Å². The molecule has 0 atom stereocenters. The Morgan fingerprint density at radius 2 is 2.22 bits per heavy atom. The third-order valence-corrected chi connectivity index (χ3v) is 2.61. The van der Waals surface area contributed by atoms with Crippen molar-refractivity contribution >= 4 is 11.4 Å². The molecule has 6 heteroatoms. The summed E-state index contributed by atoms with van der Waals surface area (Å²) in [6, 6.07) is 6.56. The lowest BCUT2D eigenvalue weighted by atomic mass is 10.2. The molecule has 2 rings (SSSR count). The number of anilines is 1. The van der Waals surface area contributed by atoms with Crippen LogP contribution in [0.3, 0.4) is 0 Å². The zero-order valence-corrected chi connectivity index (χ0v) is 10.0. The zero-order chi connectivity index (χ0) is 13.0. The largest absolute Gasteiger partial charge is 0.372 e. The maximum absolute atomic E-state index is 10.8. The molecular formula is C12H14N4O2. The SMILES string of the molecule is CCc1cnc(CNc2ccccc2[N+](=O)[O-])[nH]1. The smallest absolute Gasteiger partial charge is 0.292 e. The molecule has 0 bridgehead atoms. The molecule has 0 aliphatic carbocycles. The van der Waals surface area contributed by atoms with E-state index in [0.717, 1.165) is 17.9 Å². The minimum atomic E-state index is -0.401. The monoisotopic (exact) mass is 246 g/mol. The number of benzene rings is 1. The molecular weight excluding hydrogens is 232 g/mol. The van der Waals surface area contributed by atoms with Gasteiger partial charge in [0, 0.05) is 18.0 Å². The summed E-state index contributed by atoms with van der Waals surface area (Å²) in [6.07, 6.45) is 2.66. The molecule has 0 fully saturated rings. The standard InChI is InChI=1S/C12H14N4O2/c1-2-9-7-14-12(15-9)8-13-10-5-3-4-6-11(10)16(17)18/h3-7,13H,2,8H2,1H3,(H,14,15). The van der Waals surface area contributed by atoms with E-state index in [0.29, 0.717) is 12.2 Å². The molecule has 0 amide bonds. The topological polar surface area (TPSA) is 83.8 Å². The van der Waals surface area contributed by atoms with Crippen molar-refractivity contribution in [2.24, 2.45) is 0 Å². The number of hydrogen-bond donors (Lipinski definition) is 2. The van der Waals surface area contributed by atoms with Gasteiger partial charge in [0.2, 0.25) is 0 Å². The van der Waals surface area contributed by atoms with Crippen LogP contribution in [0.4, 0.5) is 11.4 Å². The number of nitro groups is 1. The maximum atomic E-state index is 10.8. The van der Waals surface area contributed by atoms with Gasteiger partial charge < -0.3 is 10.3 Å². The van der Waals surface area contributed by atoms with Crippen LogP contribution in [-0.2, 0) is 13.0 Å². The number of aromatic amines is 1. The van der Waals surface area contributed by atoms with Crippen molar-refractivity contribution in [1.82, 2.24) is 9.97 Å². The van der Waals surface area contributed by atoms with Gasteiger partial charge in [-0.2, -0.15) is 0 Å². The van der Waals surface area contributed by atoms with Crippen molar-refractivity contribution in [1.29, 1.82) is 0 Å². The number of rotatable bonds is 5. The maximum Gasteiger partial charge on any atom is 0.292 e. The summed E-state index contributed by atoms with van der Waals surface area (Å²) in [5.41, 5.74) is 1.62. The minimum absolute atomic E-state index is 0.0692. The summed E-state index contributed by atoms with van der Waals surface area (Å²) in [7, 11) is 0. The normalized spacial score (nSPS) is 10.3. The number of nitrogens with one attached hydrogen (secondary N) is 2. The third kappa shape index (κ3) is 2.65. The van der Waals surface area contributed by atoms with Crippen molar-refractivity contribution in [2.45, 2.75) is 19.9 Å². The number of imidazole rings is 1. The van der Waals surface area contributed by atoms with Crippen LogP contribution >= 0.6 is 0 Å². The van der Waals surface area contributed by atoms with Crippen LogP contribution in [0, 0.1) is 10.1 Å². The van der Waals surface area contributed by atoms with E-state index in [-0.39, 0.29) is 5.69 Å². The van der Waals surface area contributed by atoms with Crippen LogP contribution in [0.2, 0.25) is 0 Å². The fourth-order valence-corrected chi connectivity index (χ4v) is 1.64. The lowest BCUT2D eigenvalue weighted by Crippen LogP contribution is -2.03. The molecule has 0 saturated carbocycles. The molecule has 0 aliphatic heterocycles. The Labute approximate surface area is 104 Å². The summed E-state index contributed by atoms with van der Waals surface area (Å²) in [6.45, 7) is 2.47. The molecule has 1 aromatic carbocycles. The first-order chi connectivity index (χ1) is 8.70. The summed E-state index contributed by atoms with van der Waals surface area (Å²) < 4.78 is 0. The molecule has 2 aromatic rings. The van der Waals surface area contributed by atoms with Crippen LogP contribution in [0.25, 0.3) is 0 Å². The molecule has 0 aliphatic rings. The van der Waals surface area contributed by atoms with E-state index in [4.69, 9.17) is 0 Å². The van der Waals surface area contributed by atoms with Crippen LogP contribution < -0.4 is 5.32 Å². The van der Waals surface area contributed by atoms with Crippen molar-refractivity contribution in [3.05, 3.63) is 52.1 Å². The highest BCUT2D eigenvalue weighted by Crippen LogP contribution is 2.23. The van der Waals surface area contributed by atoms with E-state index in [2.05, 4.69) is 15.3 Å². The first kappa shape index (κ1) is 12.1. The van der Waals surface area contributed by atoms with Crippen molar-refractivity contribution in [3.63, 3.8) is 0 Å². The van der Waals surface area contributed by atoms with Gasteiger partial charge in [-0.15, -0.1) is 0 Å². The van der Waals surface area contributed by atoms with E-state index in [9.17, 15) is 10.1 Å². The first-order valence-corrected chi connectivity index (χ1v) is 5.70. The molecule has 6 nitrogen and oxygen atoms in total. The quantitative estimate of drug-likeness (QED) is 0.627. The lowest BCUT2D eigenvalue weighted by molar-refractivity contribution is -0.384. The number of aromatic nitrogens is 2. The van der Waals surface area contributed by atoms with Gasteiger partial charge in [0.15, 0.2) is 0 Å². The van der Waals surface area contributed by atoms with E-state index >= 15 is 0 Å². The highest BCUT2D eigenvalue weighted by atomic mass is 16.6. The molecule has 2 N–H and O–H groups in total. The summed E-state index contributed by atoms with van der Waals surface area (Å²) in [5.74, 6) is 0.769. The molecule has 0 spiro atoms. The van der Waals surface area contributed by atoms with Gasteiger partial charge in [0.1, 0.15) is 11.5 Å². The summed E-state index contributed by atoms with van der Waals surface area (Å²) in [5, 5.41) is 13.8. The average molecular weight is 246 g/mol. The van der Waals surface area contributed by atoms with Gasteiger partial charge >= 0.3 is 0 Å². The molecule has 1 aromatic heterocycles. The molecule has 0 saturated heterocycles. The Morgan fingerprint density at radius 1 is 1.44 bits per heavy atom. The van der Waals surface area contributed by atoms with Gasteiger partial charge in [-0.25, -0.2) is 4.98 Å². The number of aryl methyl sites for hydroxylation is 1. The third-order valence-electron chi connectivity index (χ3n) is 2.61. The van der Waals surface area contributed by atoms with Crippen LogP contribution in [0.5, 0.6) is 0 Å². The Bertz CT molecular complexity index is 551. The Hall–Kier alpha value is -2.37. The van der Waals surface area contributed by atoms with E-state index in [1.807, 2.05) is 6.92 Å². The molecule has 94 valence electrons. The highest BCUT2D eigenvalue weighted by molar-refractivity contribution is 5.60. The second-order valence-corrected chi connectivity index (χ2v) is 3.84. The van der Waals surface area contributed by atoms with Gasteiger partial charge in [0.05, 0.1) is 11.5 Å². The number of hydrogen-bond acceptors (Lipinski definition) is 4. The van der Waals surface area contributed by atoms with Gasteiger partial charge in [0.25, 0.3) is 5.69 Å². The molecule has 18 heavy (non-hydrogen) atoms.